The van der Waals surface area contributed by atoms with E-state index in [4.69, 9.17) is 5.11 Å². The molecule has 0 aromatic heterocycles. The van der Waals surface area contributed by atoms with Crippen molar-refractivity contribution >= 4 is 5.97 Å². The number of carboxylic acids is 1. The van der Waals surface area contributed by atoms with Crippen molar-refractivity contribution in [2.45, 2.75) is 66.7 Å². The van der Waals surface area contributed by atoms with Gasteiger partial charge in [0.2, 0.25) is 0 Å². The van der Waals surface area contributed by atoms with Crippen molar-refractivity contribution in [2.24, 2.45) is 5.41 Å². The van der Waals surface area contributed by atoms with E-state index in [9.17, 15) is 4.79 Å². The van der Waals surface area contributed by atoms with Crippen LogP contribution in [0.4, 0.5) is 0 Å². The second-order valence-electron chi connectivity index (χ2n) is 7.42. The largest absolute Gasteiger partial charge is 0.481 e. The number of allylic oxidation sites excluding steroid dienone is 10. The molecule has 0 atom stereocenters. The van der Waals surface area contributed by atoms with Gasteiger partial charge < -0.3 is 5.11 Å². The molecule has 2 heteroatoms. The van der Waals surface area contributed by atoms with E-state index in [0.29, 0.717) is 6.42 Å². The molecular formula is C22H32O2. The summed E-state index contributed by atoms with van der Waals surface area (Å²) in [6, 6.07) is 0. The van der Waals surface area contributed by atoms with Crippen LogP contribution in [0.5, 0.6) is 0 Å². The van der Waals surface area contributed by atoms with Crippen molar-refractivity contribution in [3.8, 4) is 0 Å². The molecule has 0 aromatic carbocycles. The van der Waals surface area contributed by atoms with Gasteiger partial charge >= 0.3 is 5.97 Å². The van der Waals surface area contributed by atoms with Crippen LogP contribution >= 0.6 is 0 Å². The first-order valence-electron chi connectivity index (χ1n) is 8.84. The molecular weight excluding hydrogens is 296 g/mol. The van der Waals surface area contributed by atoms with Gasteiger partial charge in [0, 0.05) is 6.42 Å². The summed E-state index contributed by atoms with van der Waals surface area (Å²) in [4.78, 5) is 10.5. The van der Waals surface area contributed by atoms with Crippen molar-refractivity contribution in [1.82, 2.24) is 0 Å². The summed E-state index contributed by atoms with van der Waals surface area (Å²) in [6.45, 7) is 11.0. The molecule has 0 fully saturated rings. The predicted molar refractivity (Wildman–Crippen MR) is 103 cm³/mol. The molecule has 0 saturated carbocycles. The third-order valence-corrected chi connectivity index (χ3v) is 4.60. The van der Waals surface area contributed by atoms with Crippen LogP contribution in [0.3, 0.4) is 0 Å². The van der Waals surface area contributed by atoms with E-state index in [1.54, 1.807) is 0 Å². The fourth-order valence-corrected chi connectivity index (χ4v) is 3.12. The van der Waals surface area contributed by atoms with Crippen LogP contribution in [0, 0.1) is 5.41 Å². The highest BCUT2D eigenvalue weighted by atomic mass is 16.4. The summed E-state index contributed by atoms with van der Waals surface area (Å²) in [5.41, 5.74) is 5.58. The summed E-state index contributed by atoms with van der Waals surface area (Å²) in [5, 5.41) is 8.63. The van der Waals surface area contributed by atoms with E-state index < -0.39 is 5.97 Å². The average Bonchev–Trinajstić information content (AvgIpc) is 2.45. The van der Waals surface area contributed by atoms with Crippen LogP contribution in [-0.4, -0.2) is 11.1 Å². The van der Waals surface area contributed by atoms with Crippen molar-refractivity contribution < 1.29 is 9.90 Å². The van der Waals surface area contributed by atoms with Crippen LogP contribution in [-0.2, 0) is 4.79 Å². The Morgan fingerprint density at radius 3 is 2.54 bits per heavy atom. The lowest BCUT2D eigenvalue weighted by Crippen LogP contribution is -2.19. The van der Waals surface area contributed by atoms with Crippen LogP contribution < -0.4 is 0 Å². The van der Waals surface area contributed by atoms with Gasteiger partial charge in [0.25, 0.3) is 0 Å². The van der Waals surface area contributed by atoms with Gasteiger partial charge in [0.15, 0.2) is 0 Å². The van der Waals surface area contributed by atoms with Gasteiger partial charge in [-0.3, -0.25) is 4.79 Å². The predicted octanol–water partition coefficient (Wildman–Crippen LogP) is 6.38. The maximum Gasteiger partial charge on any atom is 0.303 e. The first-order chi connectivity index (χ1) is 11.2. The van der Waals surface area contributed by atoms with Gasteiger partial charge in [-0.15, -0.1) is 0 Å². The molecule has 1 aliphatic carbocycles. The van der Waals surface area contributed by atoms with Gasteiger partial charge in [0.1, 0.15) is 0 Å². The molecule has 132 valence electrons. The lowest BCUT2D eigenvalue weighted by Gasteiger charge is -2.32. The number of rotatable bonds is 7. The van der Waals surface area contributed by atoms with Gasteiger partial charge in [-0.1, -0.05) is 67.0 Å². The molecule has 1 aliphatic rings. The number of aliphatic carboxylic acids is 1. The van der Waals surface area contributed by atoms with E-state index >= 15 is 0 Å². The quantitative estimate of drug-likeness (QED) is 0.550. The lowest BCUT2D eigenvalue weighted by molar-refractivity contribution is -0.136. The second-order valence-corrected chi connectivity index (χ2v) is 7.42. The minimum absolute atomic E-state index is 0.188. The van der Waals surface area contributed by atoms with Crippen molar-refractivity contribution in [2.75, 3.05) is 0 Å². The zero-order chi connectivity index (χ0) is 18.2. The van der Waals surface area contributed by atoms with E-state index in [-0.39, 0.29) is 11.8 Å². The van der Waals surface area contributed by atoms with E-state index in [1.165, 1.54) is 36.0 Å². The Labute approximate surface area is 147 Å². The highest BCUT2D eigenvalue weighted by Crippen LogP contribution is 2.40. The maximum absolute atomic E-state index is 10.5. The molecule has 0 aromatic rings. The summed E-state index contributed by atoms with van der Waals surface area (Å²) in [7, 11) is 0. The van der Waals surface area contributed by atoms with E-state index in [2.05, 4.69) is 45.9 Å². The van der Waals surface area contributed by atoms with Crippen molar-refractivity contribution in [1.29, 1.82) is 0 Å². The van der Waals surface area contributed by atoms with Crippen molar-refractivity contribution in [3.63, 3.8) is 0 Å². The molecule has 0 saturated heterocycles. The first-order valence-corrected chi connectivity index (χ1v) is 8.84. The first kappa shape index (κ1) is 20.2. The number of hydrogen-bond acceptors (Lipinski definition) is 1. The van der Waals surface area contributed by atoms with Crippen LogP contribution in [0.15, 0.2) is 58.7 Å². The summed E-state index contributed by atoms with van der Waals surface area (Å²) < 4.78 is 0. The van der Waals surface area contributed by atoms with E-state index in [0.717, 1.165) is 5.57 Å². The molecule has 1 rings (SSSR count). The Kier molecular flexibility index (Phi) is 7.97. The zero-order valence-corrected chi connectivity index (χ0v) is 15.9. The van der Waals surface area contributed by atoms with Crippen LogP contribution in [0.1, 0.15) is 66.7 Å². The Bertz CT molecular complexity index is 595. The summed E-state index contributed by atoms with van der Waals surface area (Å²) in [5.74, 6) is -0.751. The Balaban J connectivity index is 2.67. The smallest absolute Gasteiger partial charge is 0.303 e. The fourth-order valence-electron chi connectivity index (χ4n) is 3.12. The maximum atomic E-state index is 10.5. The molecule has 1 N–H and O–H groups in total. The molecule has 0 unspecified atom stereocenters. The molecule has 0 spiro atoms. The minimum Gasteiger partial charge on any atom is -0.481 e. The SMILES string of the molecule is CC1=C(/C=C/C(C)=C/C=C/C(C)=C/CCC(=O)O)C(C)(C)CCC1. The summed E-state index contributed by atoms with van der Waals surface area (Å²) >= 11 is 0. The highest BCUT2D eigenvalue weighted by Gasteiger charge is 2.26. The van der Waals surface area contributed by atoms with Gasteiger partial charge in [-0.05, 0) is 57.4 Å². The third kappa shape index (κ3) is 7.16. The van der Waals surface area contributed by atoms with Crippen molar-refractivity contribution in [3.05, 3.63) is 58.7 Å². The molecule has 0 amide bonds. The molecule has 2 nitrogen and oxygen atoms in total. The molecule has 0 bridgehead atoms. The second kappa shape index (κ2) is 9.46. The minimum atomic E-state index is -0.751. The van der Waals surface area contributed by atoms with Gasteiger partial charge in [0.05, 0.1) is 0 Å². The standard InChI is InChI=1S/C22H32O2/c1-17(11-7-13-21(23)24)9-6-10-18(2)14-15-20-19(3)12-8-16-22(20,4)5/h6,9-11,14-15H,7-8,12-13,16H2,1-5H3,(H,23,24)/b9-6+,15-14+,17-11+,18-10+. The number of hydrogen-bond donors (Lipinski definition) is 1. The number of carbonyl (C=O) groups is 1. The van der Waals surface area contributed by atoms with Gasteiger partial charge in [-0.25, -0.2) is 0 Å². The van der Waals surface area contributed by atoms with Crippen LogP contribution in [0.2, 0.25) is 0 Å². The molecule has 0 heterocycles. The Hall–Kier alpha value is -1.83. The fraction of sp³-hybridized carbons (Fsp3) is 0.500. The molecule has 0 aliphatic heterocycles. The third-order valence-electron chi connectivity index (χ3n) is 4.60. The van der Waals surface area contributed by atoms with Crippen LogP contribution in [0.25, 0.3) is 0 Å². The Morgan fingerprint density at radius 2 is 1.92 bits per heavy atom. The number of carboxylic acid groups (broad SMARTS) is 1. The van der Waals surface area contributed by atoms with Gasteiger partial charge in [-0.2, -0.15) is 0 Å². The normalized spacial score (nSPS) is 19.5. The molecule has 0 radical (unpaired) electrons. The summed E-state index contributed by atoms with van der Waals surface area (Å²) in [6.07, 6.45) is 17.1. The monoisotopic (exact) mass is 328 g/mol. The lowest BCUT2D eigenvalue weighted by atomic mass is 9.72. The average molecular weight is 328 g/mol. The Morgan fingerprint density at radius 1 is 1.21 bits per heavy atom. The molecule has 24 heavy (non-hydrogen) atoms. The zero-order valence-electron chi connectivity index (χ0n) is 15.9. The highest BCUT2D eigenvalue weighted by molar-refractivity contribution is 5.66. The van der Waals surface area contributed by atoms with E-state index in [1.807, 2.05) is 25.2 Å². The topological polar surface area (TPSA) is 37.3 Å².